The molecule has 1 aromatic rings. The van der Waals surface area contributed by atoms with Gasteiger partial charge in [0.1, 0.15) is 5.82 Å². The van der Waals surface area contributed by atoms with Crippen LogP contribution >= 0.6 is 11.8 Å². The Hall–Kier alpha value is -1.27. The molecular formula is C12H16FNO3S. The van der Waals surface area contributed by atoms with Crippen LogP contribution in [-0.4, -0.2) is 40.3 Å². The van der Waals surface area contributed by atoms with Gasteiger partial charge < -0.3 is 15.5 Å². The molecule has 0 spiro atoms. The molecule has 0 aliphatic carbocycles. The van der Waals surface area contributed by atoms with E-state index < -0.39 is 17.4 Å². The van der Waals surface area contributed by atoms with Gasteiger partial charge in [0, 0.05) is 12.3 Å². The van der Waals surface area contributed by atoms with E-state index in [2.05, 4.69) is 5.32 Å². The van der Waals surface area contributed by atoms with Gasteiger partial charge in [-0.3, -0.25) is 0 Å². The minimum absolute atomic E-state index is 0.0784. The number of thioether (sulfide) groups is 1. The van der Waals surface area contributed by atoms with Crippen molar-refractivity contribution in [2.75, 3.05) is 23.9 Å². The molecule has 0 aliphatic rings. The number of carboxylic acid groups (broad SMARTS) is 1. The number of para-hydroxylation sites is 1. The summed E-state index contributed by atoms with van der Waals surface area (Å²) in [5, 5.41) is 21.6. The molecule has 100 valence electrons. The number of aromatic carboxylic acids is 1. The fourth-order valence-corrected chi connectivity index (χ4v) is 2.25. The van der Waals surface area contributed by atoms with Crippen molar-refractivity contribution in [2.45, 2.75) is 12.5 Å². The zero-order valence-electron chi connectivity index (χ0n) is 10.2. The number of carbonyl (C=O) groups is 1. The number of carboxylic acids is 1. The summed E-state index contributed by atoms with van der Waals surface area (Å²) in [4.78, 5) is 11.0. The Kier molecular flexibility index (Phi) is 4.98. The zero-order chi connectivity index (χ0) is 13.8. The summed E-state index contributed by atoms with van der Waals surface area (Å²) >= 11 is 1.46. The third kappa shape index (κ3) is 3.89. The summed E-state index contributed by atoms with van der Waals surface area (Å²) in [6.45, 7) is 1.69. The van der Waals surface area contributed by atoms with Gasteiger partial charge in [-0.2, -0.15) is 11.8 Å². The molecule has 1 aromatic carbocycles. The third-order valence-electron chi connectivity index (χ3n) is 2.35. The molecule has 0 radical (unpaired) electrons. The highest BCUT2D eigenvalue weighted by Crippen LogP contribution is 2.21. The van der Waals surface area contributed by atoms with E-state index in [1.54, 1.807) is 6.92 Å². The van der Waals surface area contributed by atoms with Crippen LogP contribution < -0.4 is 5.32 Å². The van der Waals surface area contributed by atoms with E-state index in [9.17, 15) is 14.3 Å². The van der Waals surface area contributed by atoms with Crippen LogP contribution in [0.5, 0.6) is 0 Å². The molecule has 0 saturated carbocycles. The normalized spacial score (nSPS) is 14.0. The van der Waals surface area contributed by atoms with Crippen LogP contribution in [0, 0.1) is 5.82 Å². The lowest BCUT2D eigenvalue weighted by Crippen LogP contribution is -2.36. The van der Waals surface area contributed by atoms with Crippen molar-refractivity contribution in [3.63, 3.8) is 0 Å². The average molecular weight is 273 g/mol. The molecule has 1 rings (SSSR count). The van der Waals surface area contributed by atoms with Gasteiger partial charge in [-0.15, -0.1) is 0 Å². The predicted molar refractivity (Wildman–Crippen MR) is 70.9 cm³/mol. The van der Waals surface area contributed by atoms with Crippen molar-refractivity contribution in [3.8, 4) is 0 Å². The molecule has 0 amide bonds. The predicted octanol–water partition coefficient (Wildman–Crippen LogP) is 2.05. The quantitative estimate of drug-likeness (QED) is 0.740. The van der Waals surface area contributed by atoms with E-state index in [4.69, 9.17) is 5.11 Å². The lowest BCUT2D eigenvalue weighted by Gasteiger charge is -2.23. The van der Waals surface area contributed by atoms with E-state index in [0.717, 1.165) is 0 Å². The summed E-state index contributed by atoms with van der Waals surface area (Å²) in [6.07, 6.45) is 1.85. The van der Waals surface area contributed by atoms with Crippen LogP contribution in [0.15, 0.2) is 18.2 Å². The lowest BCUT2D eigenvalue weighted by atomic mass is 10.1. The maximum Gasteiger partial charge on any atom is 0.337 e. The van der Waals surface area contributed by atoms with Gasteiger partial charge in [-0.1, -0.05) is 6.07 Å². The monoisotopic (exact) mass is 273 g/mol. The summed E-state index contributed by atoms with van der Waals surface area (Å²) in [5.41, 5.74) is -1.27. The Morgan fingerprint density at radius 1 is 1.56 bits per heavy atom. The van der Waals surface area contributed by atoms with Crippen molar-refractivity contribution >= 4 is 23.4 Å². The second kappa shape index (κ2) is 6.06. The number of benzene rings is 1. The Labute approximate surface area is 109 Å². The van der Waals surface area contributed by atoms with Gasteiger partial charge >= 0.3 is 5.97 Å². The average Bonchev–Trinajstić information content (AvgIpc) is 2.26. The number of hydrogen-bond acceptors (Lipinski definition) is 4. The molecule has 0 heterocycles. The minimum Gasteiger partial charge on any atom is -0.478 e. The Bertz CT molecular complexity index is 437. The second-order valence-electron chi connectivity index (χ2n) is 4.25. The second-order valence-corrected chi connectivity index (χ2v) is 5.12. The Morgan fingerprint density at radius 3 is 2.78 bits per heavy atom. The summed E-state index contributed by atoms with van der Waals surface area (Å²) in [5.74, 6) is -1.38. The van der Waals surface area contributed by atoms with Gasteiger partial charge in [0.2, 0.25) is 0 Å². The molecule has 6 heteroatoms. The van der Waals surface area contributed by atoms with E-state index in [0.29, 0.717) is 5.75 Å². The van der Waals surface area contributed by atoms with Gasteiger partial charge in [0.25, 0.3) is 0 Å². The van der Waals surface area contributed by atoms with Crippen molar-refractivity contribution in [1.82, 2.24) is 0 Å². The van der Waals surface area contributed by atoms with Gasteiger partial charge in [0.15, 0.2) is 0 Å². The SMILES string of the molecule is CSCC(C)(O)CNc1c(F)cccc1C(=O)O. The number of rotatable bonds is 6. The van der Waals surface area contributed by atoms with Crippen molar-refractivity contribution in [1.29, 1.82) is 0 Å². The first-order chi connectivity index (χ1) is 8.37. The molecular weight excluding hydrogens is 257 g/mol. The first-order valence-electron chi connectivity index (χ1n) is 5.34. The highest BCUT2D eigenvalue weighted by Gasteiger charge is 2.21. The first-order valence-corrected chi connectivity index (χ1v) is 6.74. The van der Waals surface area contributed by atoms with Crippen molar-refractivity contribution in [2.24, 2.45) is 0 Å². The molecule has 3 N–H and O–H groups in total. The fourth-order valence-electron chi connectivity index (χ4n) is 1.52. The first kappa shape index (κ1) is 14.8. The molecule has 1 unspecified atom stereocenters. The van der Waals surface area contributed by atoms with Crippen molar-refractivity contribution < 1.29 is 19.4 Å². The largest absolute Gasteiger partial charge is 0.478 e. The molecule has 0 aliphatic heterocycles. The number of aliphatic hydroxyl groups is 1. The van der Waals surface area contributed by atoms with Gasteiger partial charge in [-0.05, 0) is 25.3 Å². The molecule has 0 aromatic heterocycles. The van der Waals surface area contributed by atoms with Crippen LogP contribution in [0.1, 0.15) is 17.3 Å². The topological polar surface area (TPSA) is 69.6 Å². The van der Waals surface area contributed by atoms with Crippen LogP contribution in [0.3, 0.4) is 0 Å². The number of halogens is 1. The van der Waals surface area contributed by atoms with E-state index in [1.807, 2.05) is 6.26 Å². The number of nitrogens with one attached hydrogen (secondary N) is 1. The van der Waals surface area contributed by atoms with E-state index >= 15 is 0 Å². The molecule has 0 saturated heterocycles. The third-order valence-corrected chi connectivity index (χ3v) is 3.26. The molecule has 0 bridgehead atoms. The van der Waals surface area contributed by atoms with E-state index in [1.165, 1.54) is 30.0 Å². The van der Waals surface area contributed by atoms with Crippen molar-refractivity contribution in [3.05, 3.63) is 29.6 Å². The van der Waals surface area contributed by atoms with Crippen LogP contribution in [0.4, 0.5) is 10.1 Å². The highest BCUT2D eigenvalue weighted by molar-refractivity contribution is 7.98. The number of hydrogen-bond donors (Lipinski definition) is 3. The molecule has 18 heavy (non-hydrogen) atoms. The standard InChI is InChI=1S/C12H16FNO3S/c1-12(17,7-18-2)6-14-10-8(11(15)16)4-3-5-9(10)13/h3-5,14,17H,6-7H2,1-2H3,(H,15,16). The van der Waals surface area contributed by atoms with E-state index in [-0.39, 0.29) is 17.8 Å². The summed E-state index contributed by atoms with van der Waals surface area (Å²) in [7, 11) is 0. The Morgan fingerprint density at radius 2 is 2.22 bits per heavy atom. The lowest BCUT2D eigenvalue weighted by molar-refractivity contribution is 0.0696. The van der Waals surface area contributed by atoms with Crippen LogP contribution in [-0.2, 0) is 0 Å². The van der Waals surface area contributed by atoms with Crippen LogP contribution in [0.2, 0.25) is 0 Å². The molecule has 4 nitrogen and oxygen atoms in total. The minimum atomic E-state index is -1.21. The maximum atomic E-state index is 13.6. The molecule has 0 fully saturated rings. The van der Waals surface area contributed by atoms with Crippen LogP contribution in [0.25, 0.3) is 0 Å². The fraction of sp³-hybridized carbons (Fsp3) is 0.417. The Balaban J connectivity index is 2.87. The smallest absolute Gasteiger partial charge is 0.337 e. The maximum absolute atomic E-state index is 13.6. The summed E-state index contributed by atoms with van der Waals surface area (Å²) in [6, 6.07) is 3.83. The summed E-state index contributed by atoms with van der Waals surface area (Å²) < 4.78 is 13.6. The van der Waals surface area contributed by atoms with Gasteiger partial charge in [-0.25, -0.2) is 9.18 Å². The number of anilines is 1. The highest BCUT2D eigenvalue weighted by atomic mass is 32.2. The zero-order valence-corrected chi connectivity index (χ0v) is 11.1. The van der Waals surface area contributed by atoms with Gasteiger partial charge in [0.05, 0.1) is 16.9 Å². The molecule has 1 atom stereocenters.